The molecule has 1 atom stereocenters. The van der Waals surface area contributed by atoms with Crippen molar-refractivity contribution >= 4 is 28.3 Å². The molecule has 6 nitrogen and oxygen atoms in total. The standard InChI is InChI=1S/C22H22N2O4/c1-14-20(18-9-2-3-10-19(18)23-14)21(25)22(26)24-15-6-4-7-16(12-15)28-13-17-8-5-11-27-17/h2-4,6-7,9-10,12,17,23H,5,8,11,13H2,1H3,(H,24,26)/t17-/m1/s1. The van der Waals surface area contributed by atoms with Crippen LogP contribution in [0.4, 0.5) is 5.69 Å². The number of hydrogen-bond acceptors (Lipinski definition) is 4. The molecule has 0 unspecified atom stereocenters. The number of para-hydroxylation sites is 1. The minimum absolute atomic E-state index is 0.115. The van der Waals surface area contributed by atoms with Crippen LogP contribution in [0.25, 0.3) is 10.9 Å². The minimum Gasteiger partial charge on any atom is -0.491 e. The molecule has 2 aromatic carbocycles. The number of aryl methyl sites for hydroxylation is 1. The maximum Gasteiger partial charge on any atom is 0.296 e. The summed E-state index contributed by atoms with van der Waals surface area (Å²) in [6, 6.07) is 14.5. The van der Waals surface area contributed by atoms with Crippen molar-refractivity contribution in [3.63, 3.8) is 0 Å². The predicted octanol–water partition coefficient (Wildman–Crippen LogP) is 3.86. The summed E-state index contributed by atoms with van der Waals surface area (Å²) in [6.07, 6.45) is 2.17. The van der Waals surface area contributed by atoms with Gasteiger partial charge in [0.15, 0.2) is 0 Å². The van der Waals surface area contributed by atoms with Crippen molar-refractivity contribution in [3.8, 4) is 5.75 Å². The van der Waals surface area contributed by atoms with Crippen LogP contribution >= 0.6 is 0 Å². The number of anilines is 1. The molecule has 144 valence electrons. The van der Waals surface area contributed by atoms with Gasteiger partial charge in [-0.2, -0.15) is 0 Å². The number of ether oxygens (including phenoxy) is 2. The average Bonchev–Trinajstić information content (AvgIpc) is 3.33. The lowest BCUT2D eigenvalue weighted by molar-refractivity contribution is -0.112. The van der Waals surface area contributed by atoms with E-state index >= 15 is 0 Å². The first-order chi connectivity index (χ1) is 13.6. The van der Waals surface area contributed by atoms with Crippen LogP contribution in [0.1, 0.15) is 28.9 Å². The van der Waals surface area contributed by atoms with Gasteiger partial charge in [0.1, 0.15) is 12.4 Å². The smallest absolute Gasteiger partial charge is 0.296 e. The second-order valence-corrected chi connectivity index (χ2v) is 6.93. The molecule has 2 N–H and O–H groups in total. The number of amides is 1. The molecule has 1 saturated heterocycles. The van der Waals surface area contributed by atoms with Crippen molar-refractivity contribution in [2.24, 2.45) is 0 Å². The maximum absolute atomic E-state index is 12.7. The number of ketones is 1. The fourth-order valence-electron chi connectivity index (χ4n) is 3.50. The molecule has 1 aliphatic rings. The number of hydrogen-bond donors (Lipinski definition) is 2. The molecule has 0 saturated carbocycles. The van der Waals surface area contributed by atoms with Gasteiger partial charge in [-0.1, -0.05) is 24.3 Å². The van der Waals surface area contributed by atoms with E-state index in [0.29, 0.717) is 29.3 Å². The zero-order valence-electron chi connectivity index (χ0n) is 15.7. The van der Waals surface area contributed by atoms with Gasteiger partial charge in [-0.3, -0.25) is 9.59 Å². The van der Waals surface area contributed by atoms with Crippen LogP contribution in [0.2, 0.25) is 0 Å². The first-order valence-corrected chi connectivity index (χ1v) is 9.39. The van der Waals surface area contributed by atoms with Crippen molar-refractivity contribution in [1.29, 1.82) is 0 Å². The zero-order valence-corrected chi connectivity index (χ0v) is 15.7. The lowest BCUT2D eigenvalue weighted by atomic mass is 10.1. The summed E-state index contributed by atoms with van der Waals surface area (Å²) in [5.74, 6) is -0.617. The summed E-state index contributed by atoms with van der Waals surface area (Å²) in [5.41, 5.74) is 2.43. The van der Waals surface area contributed by atoms with Crippen LogP contribution in [0, 0.1) is 6.92 Å². The van der Waals surface area contributed by atoms with Crippen LogP contribution in [-0.2, 0) is 9.53 Å². The summed E-state index contributed by atoms with van der Waals surface area (Å²) >= 11 is 0. The van der Waals surface area contributed by atoms with Gasteiger partial charge in [0, 0.05) is 35.0 Å². The molecule has 1 aliphatic heterocycles. The van der Waals surface area contributed by atoms with Crippen molar-refractivity contribution < 1.29 is 19.1 Å². The molecular formula is C22H22N2O4. The molecule has 2 heterocycles. The second-order valence-electron chi connectivity index (χ2n) is 6.93. The topological polar surface area (TPSA) is 80.4 Å². The monoisotopic (exact) mass is 378 g/mol. The largest absolute Gasteiger partial charge is 0.491 e. The average molecular weight is 378 g/mol. The van der Waals surface area contributed by atoms with Gasteiger partial charge in [-0.25, -0.2) is 0 Å². The third-order valence-electron chi connectivity index (χ3n) is 4.88. The number of carbonyl (C=O) groups is 2. The minimum atomic E-state index is -0.677. The Hall–Kier alpha value is -3.12. The molecular weight excluding hydrogens is 356 g/mol. The second kappa shape index (κ2) is 7.86. The predicted molar refractivity (Wildman–Crippen MR) is 107 cm³/mol. The Morgan fingerprint density at radius 3 is 2.89 bits per heavy atom. The van der Waals surface area contributed by atoms with Crippen molar-refractivity contribution in [3.05, 3.63) is 59.8 Å². The van der Waals surface area contributed by atoms with Crippen LogP contribution in [0.5, 0.6) is 5.75 Å². The summed E-state index contributed by atoms with van der Waals surface area (Å²) in [5, 5.41) is 3.42. The molecule has 0 spiro atoms. The highest BCUT2D eigenvalue weighted by molar-refractivity contribution is 6.48. The summed E-state index contributed by atoms with van der Waals surface area (Å²) in [6.45, 7) is 3.05. The lowest BCUT2D eigenvalue weighted by Crippen LogP contribution is -2.23. The van der Waals surface area contributed by atoms with E-state index in [4.69, 9.17) is 9.47 Å². The third-order valence-corrected chi connectivity index (χ3v) is 4.88. The Balaban J connectivity index is 1.46. The zero-order chi connectivity index (χ0) is 19.5. The molecule has 0 bridgehead atoms. The summed E-state index contributed by atoms with van der Waals surface area (Å²) in [7, 11) is 0. The highest BCUT2D eigenvalue weighted by Gasteiger charge is 2.23. The van der Waals surface area contributed by atoms with Crippen LogP contribution in [-0.4, -0.2) is 36.0 Å². The molecule has 1 amide bonds. The van der Waals surface area contributed by atoms with Crippen molar-refractivity contribution in [1.82, 2.24) is 4.98 Å². The molecule has 28 heavy (non-hydrogen) atoms. The number of aromatic amines is 1. The Morgan fingerprint density at radius 2 is 2.07 bits per heavy atom. The Bertz CT molecular complexity index is 1020. The fraction of sp³-hybridized carbons (Fsp3) is 0.273. The van der Waals surface area contributed by atoms with E-state index < -0.39 is 11.7 Å². The number of rotatable bonds is 6. The first-order valence-electron chi connectivity index (χ1n) is 9.39. The van der Waals surface area contributed by atoms with Crippen LogP contribution in [0.15, 0.2) is 48.5 Å². The highest BCUT2D eigenvalue weighted by atomic mass is 16.5. The fourth-order valence-corrected chi connectivity index (χ4v) is 3.50. The summed E-state index contributed by atoms with van der Waals surface area (Å²) in [4.78, 5) is 28.4. The molecule has 4 rings (SSSR count). The molecule has 1 aromatic heterocycles. The van der Waals surface area contributed by atoms with Gasteiger partial charge in [-0.05, 0) is 38.0 Å². The number of fused-ring (bicyclic) bond motifs is 1. The normalized spacial score (nSPS) is 16.2. The molecule has 0 aliphatic carbocycles. The van der Waals surface area contributed by atoms with E-state index in [1.807, 2.05) is 30.3 Å². The number of H-pyrrole nitrogens is 1. The molecule has 0 radical (unpaired) electrons. The first kappa shape index (κ1) is 18.3. The number of aromatic nitrogens is 1. The van der Waals surface area contributed by atoms with Gasteiger partial charge in [0.05, 0.1) is 11.7 Å². The Morgan fingerprint density at radius 1 is 1.21 bits per heavy atom. The van der Waals surface area contributed by atoms with E-state index in [2.05, 4.69) is 10.3 Å². The van der Waals surface area contributed by atoms with E-state index in [9.17, 15) is 9.59 Å². The number of Topliss-reactive ketones (excluding diaryl/α,β-unsaturated/α-hetero) is 1. The van der Waals surface area contributed by atoms with Gasteiger partial charge in [0.2, 0.25) is 0 Å². The molecule has 3 aromatic rings. The SMILES string of the molecule is Cc1[nH]c2ccccc2c1C(=O)C(=O)Nc1cccc(OC[C@H]2CCCO2)c1. The summed E-state index contributed by atoms with van der Waals surface area (Å²) < 4.78 is 11.3. The third kappa shape index (κ3) is 3.77. The number of carbonyl (C=O) groups excluding carboxylic acids is 2. The molecule has 6 heteroatoms. The van der Waals surface area contributed by atoms with E-state index in [-0.39, 0.29) is 6.10 Å². The Kier molecular flexibility index (Phi) is 5.12. The van der Waals surface area contributed by atoms with Crippen LogP contribution in [0.3, 0.4) is 0 Å². The molecule has 1 fully saturated rings. The highest BCUT2D eigenvalue weighted by Crippen LogP contribution is 2.24. The Labute approximate surface area is 162 Å². The van der Waals surface area contributed by atoms with Gasteiger partial charge < -0.3 is 19.8 Å². The van der Waals surface area contributed by atoms with Crippen molar-refractivity contribution in [2.45, 2.75) is 25.9 Å². The number of benzene rings is 2. The maximum atomic E-state index is 12.7. The quantitative estimate of drug-likeness (QED) is 0.504. The number of nitrogens with one attached hydrogen (secondary N) is 2. The van der Waals surface area contributed by atoms with Crippen molar-refractivity contribution in [2.75, 3.05) is 18.5 Å². The lowest BCUT2D eigenvalue weighted by Gasteiger charge is -2.12. The van der Waals surface area contributed by atoms with Crippen LogP contribution < -0.4 is 10.1 Å². The van der Waals surface area contributed by atoms with Gasteiger partial charge in [-0.15, -0.1) is 0 Å². The van der Waals surface area contributed by atoms with E-state index in [1.165, 1.54) is 0 Å². The van der Waals surface area contributed by atoms with Gasteiger partial charge >= 0.3 is 0 Å². The van der Waals surface area contributed by atoms with Gasteiger partial charge in [0.25, 0.3) is 11.7 Å². The van der Waals surface area contributed by atoms with E-state index in [1.54, 1.807) is 25.1 Å². The van der Waals surface area contributed by atoms with E-state index in [0.717, 1.165) is 30.4 Å².